The van der Waals surface area contributed by atoms with E-state index >= 15 is 0 Å². The highest BCUT2D eigenvalue weighted by Gasteiger charge is 2.37. The monoisotopic (exact) mass is 342 g/mol. The second kappa shape index (κ2) is 6.32. The standard InChI is InChI=1S/C14H22N4O4S/c1-9-4-5-10(13(15)19)7-18(9)23(21,22)11-6-12(14(20)16-2)17(3)8-11/h6,8-10H,4-5,7H2,1-3H3,(H2,15,19)(H,16,20)/t9-,10+/m0/s1. The molecule has 0 aliphatic carbocycles. The van der Waals surface area contributed by atoms with Crippen LogP contribution in [0.25, 0.3) is 0 Å². The smallest absolute Gasteiger partial charge is 0.267 e. The molecule has 3 N–H and O–H groups in total. The van der Waals surface area contributed by atoms with Gasteiger partial charge >= 0.3 is 0 Å². The molecule has 1 aliphatic rings. The van der Waals surface area contributed by atoms with Crippen molar-refractivity contribution in [3.05, 3.63) is 18.0 Å². The second-order valence-corrected chi connectivity index (χ2v) is 7.74. The van der Waals surface area contributed by atoms with Crippen LogP contribution in [0.4, 0.5) is 0 Å². The Morgan fingerprint density at radius 2 is 2.00 bits per heavy atom. The lowest BCUT2D eigenvalue weighted by atomic mass is 9.95. The molecule has 2 heterocycles. The zero-order chi connectivity index (χ0) is 17.4. The van der Waals surface area contributed by atoms with E-state index in [1.807, 2.05) is 0 Å². The van der Waals surface area contributed by atoms with Gasteiger partial charge in [0.05, 0.1) is 5.92 Å². The van der Waals surface area contributed by atoms with E-state index in [-0.39, 0.29) is 29.1 Å². The van der Waals surface area contributed by atoms with Crippen molar-refractivity contribution >= 4 is 21.8 Å². The van der Waals surface area contributed by atoms with E-state index in [9.17, 15) is 18.0 Å². The van der Waals surface area contributed by atoms with Crippen LogP contribution in [0, 0.1) is 5.92 Å². The van der Waals surface area contributed by atoms with E-state index in [1.54, 1.807) is 14.0 Å². The number of rotatable bonds is 4. The molecule has 1 aromatic rings. The minimum Gasteiger partial charge on any atom is -0.369 e. The molecule has 2 atom stereocenters. The predicted molar refractivity (Wildman–Crippen MR) is 84.1 cm³/mol. The molecule has 128 valence electrons. The lowest BCUT2D eigenvalue weighted by Gasteiger charge is -2.35. The summed E-state index contributed by atoms with van der Waals surface area (Å²) >= 11 is 0. The van der Waals surface area contributed by atoms with Crippen molar-refractivity contribution in [3.8, 4) is 0 Å². The number of hydrogen-bond donors (Lipinski definition) is 2. The summed E-state index contributed by atoms with van der Waals surface area (Å²) in [5, 5.41) is 2.47. The van der Waals surface area contributed by atoms with Crippen LogP contribution in [-0.2, 0) is 21.9 Å². The SMILES string of the molecule is CNC(=O)c1cc(S(=O)(=O)N2C[C@H](C(N)=O)CC[C@@H]2C)cn1C. The fraction of sp³-hybridized carbons (Fsp3) is 0.571. The lowest BCUT2D eigenvalue weighted by Crippen LogP contribution is -2.48. The molecule has 1 aromatic heterocycles. The lowest BCUT2D eigenvalue weighted by molar-refractivity contribution is -0.123. The van der Waals surface area contributed by atoms with E-state index in [0.29, 0.717) is 12.8 Å². The molecular weight excluding hydrogens is 320 g/mol. The van der Waals surface area contributed by atoms with Crippen LogP contribution in [-0.4, -0.2) is 48.7 Å². The highest BCUT2D eigenvalue weighted by atomic mass is 32.2. The Hall–Kier alpha value is -1.87. The van der Waals surface area contributed by atoms with Gasteiger partial charge in [-0.2, -0.15) is 4.31 Å². The molecule has 0 unspecified atom stereocenters. The zero-order valence-electron chi connectivity index (χ0n) is 13.4. The maximum atomic E-state index is 12.9. The molecule has 0 radical (unpaired) electrons. The molecule has 0 spiro atoms. The number of nitrogens with two attached hydrogens (primary N) is 1. The topological polar surface area (TPSA) is 114 Å². The summed E-state index contributed by atoms with van der Waals surface area (Å²) in [6.45, 7) is 1.88. The number of nitrogens with one attached hydrogen (secondary N) is 1. The summed E-state index contributed by atoms with van der Waals surface area (Å²) in [6, 6.07) is 1.12. The fourth-order valence-corrected chi connectivity index (χ4v) is 4.58. The van der Waals surface area contributed by atoms with Gasteiger partial charge < -0.3 is 15.6 Å². The van der Waals surface area contributed by atoms with Gasteiger partial charge in [-0.25, -0.2) is 8.42 Å². The van der Waals surface area contributed by atoms with Crippen molar-refractivity contribution in [1.29, 1.82) is 0 Å². The Balaban J connectivity index is 2.37. The Kier molecular flexibility index (Phi) is 4.81. The molecule has 8 nitrogen and oxygen atoms in total. The first-order valence-corrected chi connectivity index (χ1v) is 8.82. The number of primary amides is 1. The molecule has 0 aromatic carbocycles. The highest BCUT2D eigenvalue weighted by Crippen LogP contribution is 2.28. The Morgan fingerprint density at radius 3 is 2.57 bits per heavy atom. The number of hydrogen-bond acceptors (Lipinski definition) is 4. The van der Waals surface area contributed by atoms with Crippen molar-refractivity contribution in [2.45, 2.75) is 30.7 Å². The molecule has 2 amide bonds. The van der Waals surface area contributed by atoms with Gasteiger partial charge in [0.2, 0.25) is 15.9 Å². The summed E-state index contributed by atoms with van der Waals surface area (Å²) < 4.78 is 28.5. The van der Waals surface area contributed by atoms with Gasteiger partial charge in [0.1, 0.15) is 10.6 Å². The minimum absolute atomic E-state index is 0.0376. The molecule has 23 heavy (non-hydrogen) atoms. The van der Waals surface area contributed by atoms with Crippen LogP contribution in [0.5, 0.6) is 0 Å². The molecule has 1 aliphatic heterocycles. The van der Waals surface area contributed by atoms with Gasteiger partial charge in [-0.05, 0) is 25.8 Å². The number of piperidine rings is 1. The Labute approximate surface area is 135 Å². The first-order chi connectivity index (χ1) is 10.7. The molecular formula is C14H22N4O4S. The summed E-state index contributed by atoms with van der Waals surface area (Å²) in [4.78, 5) is 23.2. The van der Waals surface area contributed by atoms with Crippen molar-refractivity contribution in [1.82, 2.24) is 14.2 Å². The number of aromatic nitrogens is 1. The Bertz CT molecular complexity index is 725. The summed E-state index contributed by atoms with van der Waals surface area (Å²) in [6.07, 6.45) is 2.56. The predicted octanol–water partition coefficient (Wildman–Crippen LogP) is -0.341. The molecule has 0 bridgehead atoms. The number of aryl methyl sites for hydroxylation is 1. The van der Waals surface area contributed by atoms with Gasteiger partial charge in [0.15, 0.2) is 0 Å². The normalized spacial score (nSPS) is 22.7. The van der Waals surface area contributed by atoms with Gasteiger partial charge in [-0.1, -0.05) is 0 Å². The van der Waals surface area contributed by atoms with Crippen LogP contribution >= 0.6 is 0 Å². The third kappa shape index (κ3) is 3.25. The number of nitrogens with zero attached hydrogens (tertiary/aromatic N) is 2. The largest absolute Gasteiger partial charge is 0.369 e. The van der Waals surface area contributed by atoms with Crippen LogP contribution in [0.3, 0.4) is 0 Å². The molecule has 9 heteroatoms. The Morgan fingerprint density at radius 1 is 1.35 bits per heavy atom. The quantitative estimate of drug-likeness (QED) is 0.779. The highest BCUT2D eigenvalue weighted by molar-refractivity contribution is 7.89. The summed E-state index contributed by atoms with van der Waals surface area (Å²) in [7, 11) is -0.710. The van der Waals surface area contributed by atoms with Gasteiger partial charge in [0.25, 0.3) is 5.91 Å². The van der Waals surface area contributed by atoms with E-state index < -0.39 is 21.8 Å². The van der Waals surface area contributed by atoms with Gasteiger partial charge in [-0.15, -0.1) is 0 Å². The zero-order valence-corrected chi connectivity index (χ0v) is 14.3. The maximum absolute atomic E-state index is 12.9. The van der Waals surface area contributed by atoms with Crippen molar-refractivity contribution in [2.24, 2.45) is 18.7 Å². The summed E-state index contributed by atoms with van der Waals surface area (Å²) in [5.74, 6) is -1.34. The average molecular weight is 342 g/mol. The third-order valence-corrected chi connectivity index (χ3v) is 6.22. The van der Waals surface area contributed by atoms with Crippen LogP contribution in [0.1, 0.15) is 30.3 Å². The van der Waals surface area contributed by atoms with E-state index in [1.165, 1.54) is 28.2 Å². The van der Waals surface area contributed by atoms with Crippen LogP contribution in [0.15, 0.2) is 17.2 Å². The maximum Gasteiger partial charge on any atom is 0.267 e. The first-order valence-electron chi connectivity index (χ1n) is 7.38. The van der Waals surface area contributed by atoms with Crippen molar-refractivity contribution in [3.63, 3.8) is 0 Å². The molecule has 0 saturated carbocycles. The van der Waals surface area contributed by atoms with Crippen molar-refractivity contribution in [2.75, 3.05) is 13.6 Å². The van der Waals surface area contributed by atoms with E-state index in [2.05, 4.69) is 5.32 Å². The number of amides is 2. The van der Waals surface area contributed by atoms with E-state index in [0.717, 1.165) is 0 Å². The average Bonchev–Trinajstić information content (AvgIpc) is 2.89. The molecule has 1 saturated heterocycles. The van der Waals surface area contributed by atoms with E-state index in [4.69, 9.17) is 5.73 Å². The minimum atomic E-state index is -3.80. The number of carbonyl (C=O) groups excluding carboxylic acids is 2. The second-order valence-electron chi connectivity index (χ2n) is 5.85. The third-order valence-electron chi connectivity index (χ3n) is 4.27. The van der Waals surface area contributed by atoms with Crippen LogP contribution < -0.4 is 11.1 Å². The van der Waals surface area contributed by atoms with Gasteiger partial charge in [-0.3, -0.25) is 9.59 Å². The number of carbonyl (C=O) groups is 2. The summed E-state index contributed by atoms with van der Waals surface area (Å²) in [5.41, 5.74) is 5.58. The fourth-order valence-electron chi connectivity index (χ4n) is 2.81. The van der Waals surface area contributed by atoms with Crippen LogP contribution in [0.2, 0.25) is 0 Å². The van der Waals surface area contributed by atoms with Crippen molar-refractivity contribution < 1.29 is 18.0 Å². The first kappa shape index (κ1) is 17.5. The van der Waals surface area contributed by atoms with Gasteiger partial charge in [0, 0.05) is 32.9 Å². The number of sulfonamides is 1. The molecule has 1 fully saturated rings. The molecule has 2 rings (SSSR count).